The van der Waals surface area contributed by atoms with Crippen LogP contribution in [0.25, 0.3) is 0 Å². The molecule has 0 saturated heterocycles. The average Bonchev–Trinajstić information content (AvgIpc) is 2.42. The predicted octanol–water partition coefficient (Wildman–Crippen LogP) is 5.08. The Kier molecular flexibility index (Phi) is 5.13. The van der Waals surface area contributed by atoms with Gasteiger partial charge in [0.05, 0.1) is 11.1 Å². The van der Waals surface area contributed by atoms with Crippen LogP contribution < -0.4 is 5.32 Å². The largest absolute Gasteiger partial charge is 0.306 e. The highest BCUT2D eigenvalue weighted by atomic mass is 79.9. The monoisotopic (exact) mass is 359 g/mol. The molecule has 0 aliphatic heterocycles. The lowest BCUT2D eigenvalue weighted by atomic mass is 9.98. The van der Waals surface area contributed by atoms with Gasteiger partial charge < -0.3 is 5.32 Å². The van der Waals surface area contributed by atoms with E-state index in [9.17, 15) is 8.78 Å². The molecule has 1 atom stereocenters. The first-order chi connectivity index (χ1) is 9.52. The van der Waals surface area contributed by atoms with Gasteiger partial charge in [0.2, 0.25) is 0 Å². The summed E-state index contributed by atoms with van der Waals surface area (Å²) >= 11 is 9.01. The third kappa shape index (κ3) is 3.37. The topological polar surface area (TPSA) is 12.0 Å². The standard InChI is InChI=1S/C15H13BrClF2N/c1-2-20-15(9-3-5-12(17)14(19)7-9)11-8-10(16)4-6-13(11)18/h3-8,15,20H,2H2,1H3. The van der Waals surface area contributed by atoms with Crippen LogP contribution in [0.5, 0.6) is 0 Å². The van der Waals surface area contributed by atoms with E-state index in [0.717, 1.165) is 4.47 Å². The summed E-state index contributed by atoms with van der Waals surface area (Å²) in [5.74, 6) is -0.850. The molecule has 2 aromatic rings. The van der Waals surface area contributed by atoms with E-state index in [1.807, 2.05) is 6.92 Å². The van der Waals surface area contributed by atoms with Crippen molar-refractivity contribution in [2.45, 2.75) is 13.0 Å². The van der Waals surface area contributed by atoms with Gasteiger partial charge in [-0.1, -0.05) is 40.5 Å². The Morgan fingerprint density at radius 3 is 2.55 bits per heavy atom. The van der Waals surface area contributed by atoms with E-state index < -0.39 is 11.9 Å². The fourth-order valence-electron chi connectivity index (χ4n) is 2.04. The van der Waals surface area contributed by atoms with Gasteiger partial charge in [0.25, 0.3) is 0 Å². The van der Waals surface area contributed by atoms with Crippen molar-refractivity contribution in [2.75, 3.05) is 6.54 Å². The number of halogens is 4. The Balaban J connectivity index is 2.49. The first-order valence-electron chi connectivity index (χ1n) is 6.16. The van der Waals surface area contributed by atoms with E-state index in [-0.39, 0.29) is 10.8 Å². The second-order valence-electron chi connectivity index (χ2n) is 4.33. The summed E-state index contributed by atoms with van der Waals surface area (Å²) in [6.45, 7) is 2.54. The molecular weight excluding hydrogens is 348 g/mol. The van der Waals surface area contributed by atoms with Gasteiger partial charge in [0, 0.05) is 10.0 Å². The molecule has 1 nitrogen and oxygen atoms in total. The highest BCUT2D eigenvalue weighted by Crippen LogP contribution is 2.29. The van der Waals surface area contributed by atoms with Crippen molar-refractivity contribution in [1.29, 1.82) is 0 Å². The molecule has 0 radical (unpaired) electrons. The zero-order chi connectivity index (χ0) is 14.7. The molecule has 5 heteroatoms. The first-order valence-corrected chi connectivity index (χ1v) is 7.33. The highest BCUT2D eigenvalue weighted by molar-refractivity contribution is 9.10. The van der Waals surface area contributed by atoms with Gasteiger partial charge in [0.1, 0.15) is 11.6 Å². The van der Waals surface area contributed by atoms with Crippen molar-refractivity contribution in [3.63, 3.8) is 0 Å². The van der Waals surface area contributed by atoms with E-state index in [0.29, 0.717) is 17.7 Å². The Labute approximate surface area is 130 Å². The van der Waals surface area contributed by atoms with Crippen LogP contribution in [0.4, 0.5) is 8.78 Å². The van der Waals surface area contributed by atoms with Crippen LogP contribution in [0.3, 0.4) is 0 Å². The fraction of sp³-hybridized carbons (Fsp3) is 0.200. The van der Waals surface area contributed by atoms with Crippen molar-refractivity contribution >= 4 is 27.5 Å². The number of rotatable bonds is 4. The quantitative estimate of drug-likeness (QED) is 0.802. The molecule has 106 valence electrons. The maximum Gasteiger partial charge on any atom is 0.142 e. The maximum atomic E-state index is 14.0. The van der Waals surface area contributed by atoms with Crippen LogP contribution >= 0.6 is 27.5 Å². The summed E-state index contributed by atoms with van der Waals surface area (Å²) in [4.78, 5) is 0. The van der Waals surface area contributed by atoms with E-state index in [1.54, 1.807) is 18.2 Å². The summed E-state index contributed by atoms with van der Waals surface area (Å²) in [6.07, 6.45) is 0. The van der Waals surface area contributed by atoms with Gasteiger partial charge in [-0.2, -0.15) is 0 Å². The fourth-order valence-corrected chi connectivity index (χ4v) is 2.54. The van der Waals surface area contributed by atoms with Gasteiger partial charge in [-0.3, -0.25) is 0 Å². The zero-order valence-corrected chi connectivity index (χ0v) is 13.1. The minimum Gasteiger partial charge on any atom is -0.306 e. The second-order valence-corrected chi connectivity index (χ2v) is 5.65. The molecule has 0 fully saturated rings. The smallest absolute Gasteiger partial charge is 0.142 e. The zero-order valence-electron chi connectivity index (χ0n) is 10.8. The molecule has 0 aromatic heterocycles. The van der Waals surface area contributed by atoms with Crippen LogP contribution in [0.2, 0.25) is 5.02 Å². The Morgan fingerprint density at radius 2 is 1.90 bits per heavy atom. The molecule has 2 rings (SSSR count). The molecule has 1 unspecified atom stereocenters. The molecule has 0 spiro atoms. The Hall–Kier alpha value is -0.970. The number of nitrogens with one attached hydrogen (secondary N) is 1. The molecule has 2 aromatic carbocycles. The average molecular weight is 361 g/mol. The van der Waals surface area contributed by atoms with E-state index >= 15 is 0 Å². The lowest BCUT2D eigenvalue weighted by Crippen LogP contribution is -2.23. The number of benzene rings is 2. The molecule has 0 amide bonds. The summed E-state index contributed by atoms with van der Waals surface area (Å²) in [5, 5.41) is 3.21. The Morgan fingerprint density at radius 1 is 1.15 bits per heavy atom. The lowest BCUT2D eigenvalue weighted by Gasteiger charge is -2.20. The van der Waals surface area contributed by atoms with E-state index in [2.05, 4.69) is 21.2 Å². The summed E-state index contributed by atoms with van der Waals surface area (Å²) < 4.78 is 28.4. The van der Waals surface area contributed by atoms with E-state index in [1.165, 1.54) is 18.2 Å². The minimum absolute atomic E-state index is 0.0544. The lowest BCUT2D eigenvalue weighted by molar-refractivity contribution is 0.554. The van der Waals surface area contributed by atoms with Gasteiger partial charge >= 0.3 is 0 Å². The SMILES string of the molecule is CCNC(c1ccc(Cl)c(F)c1)c1cc(Br)ccc1F. The normalized spacial score (nSPS) is 12.4. The summed E-state index contributed by atoms with van der Waals surface area (Å²) in [5.41, 5.74) is 1.09. The van der Waals surface area contributed by atoms with Gasteiger partial charge in [0.15, 0.2) is 0 Å². The van der Waals surface area contributed by atoms with Gasteiger partial charge in [-0.15, -0.1) is 0 Å². The van der Waals surface area contributed by atoms with Gasteiger partial charge in [-0.25, -0.2) is 8.78 Å². The van der Waals surface area contributed by atoms with Crippen LogP contribution in [-0.4, -0.2) is 6.54 Å². The molecule has 0 heterocycles. The van der Waals surface area contributed by atoms with Crippen molar-refractivity contribution in [3.8, 4) is 0 Å². The molecule has 0 bridgehead atoms. The van der Waals surface area contributed by atoms with Crippen LogP contribution in [0.15, 0.2) is 40.9 Å². The van der Waals surface area contributed by atoms with Crippen molar-refractivity contribution < 1.29 is 8.78 Å². The molecule has 0 aliphatic rings. The number of hydrogen-bond donors (Lipinski definition) is 1. The highest BCUT2D eigenvalue weighted by Gasteiger charge is 2.18. The van der Waals surface area contributed by atoms with Crippen molar-refractivity contribution in [3.05, 3.63) is 68.7 Å². The maximum absolute atomic E-state index is 14.0. The third-order valence-electron chi connectivity index (χ3n) is 2.95. The number of hydrogen-bond acceptors (Lipinski definition) is 1. The molecule has 20 heavy (non-hydrogen) atoms. The van der Waals surface area contributed by atoms with Crippen LogP contribution in [0.1, 0.15) is 24.1 Å². The van der Waals surface area contributed by atoms with Crippen molar-refractivity contribution in [2.24, 2.45) is 0 Å². The summed E-state index contributed by atoms with van der Waals surface area (Å²) in [6, 6.07) is 8.78. The predicted molar refractivity (Wildman–Crippen MR) is 81.0 cm³/mol. The second kappa shape index (κ2) is 6.66. The van der Waals surface area contributed by atoms with E-state index in [4.69, 9.17) is 11.6 Å². The molecule has 0 aliphatic carbocycles. The Bertz CT molecular complexity index is 619. The van der Waals surface area contributed by atoms with Crippen LogP contribution in [0, 0.1) is 11.6 Å². The molecule has 1 N–H and O–H groups in total. The molecular formula is C15H13BrClF2N. The van der Waals surface area contributed by atoms with Crippen LogP contribution in [-0.2, 0) is 0 Å². The summed E-state index contributed by atoms with van der Waals surface area (Å²) in [7, 11) is 0. The third-order valence-corrected chi connectivity index (χ3v) is 3.75. The van der Waals surface area contributed by atoms with Crippen molar-refractivity contribution in [1.82, 2.24) is 5.32 Å². The minimum atomic E-state index is -0.512. The molecule has 0 saturated carbocycles. The van der Waals surface area contributed by atoms with Gasteiger partial charge in [-0.05, 0) is 42.4 Å². The first kappa shape index (κ1) is 15.4.